The summed E-state index contributed by atoms with van der Waals surface area (Å²) in [7, 11) is 0. The average Bonchev–Trinajstić information content (AvgIpc) is 2.94. The number of amides is 1. The molecular weight excluding hydrogens is 308 g/mol. The van der Waals surface area contributed by atoms with Crippen molar-refractivity contribution in [2.45, 2.75) is 0 Å². The molecule has 1 fully saturated rings. The number of nitrogen functional groups attached to an aromatic ring is 1. The van der Waals surface area contributed by atoms with Gasteiger partial charge in [0.15, 0.2) is 5.13 Å². The van der Waals surface area contributed by atoms with E-state index in [2.05, 4.69) is 9.88 Å². The zero-order valence-electron chi connectivity index (χ0n) is 11.3. The molecule has 0 spiro atoms. The van der Waals surface area contributed by atoms with Gasteiger partial charge in [0.05, 0.1) is 0 Å². The van der Waals surface area contributed by atoms with Crippen LogP contribution in [0, 0.1) is 0 Å². The van der Waals surface area contributed by atoms with Gasteiger partial charge < -0.3 is 15.5 Å². The van der Waals surface area contributed by atoms with Gasteiger partial charge in [0.1, 0.15) is 5.69 Å². The molecule has 0 saturated carbocycles. The van der Waals surface area contributed by atoms with Crippen molar-refractivity contribution in [3.05, 3.63) is 40.4 Å². The Labute approximate surface area is 131 Å². The summed E-state index contributed by atoms with van der Waals surface area (Å²) in [5, 5.41) is 2.87. The number of hydrogen-bond donors (Lipinski definition) is 1. The number of nitrogens with zero attached hydrogens (tertiary/aromatic N) is 3. The van der Waals surface area contributed by atoms with E-state index in [-0.39, 0.29) is 5.91 Å². The van der Waals surface area contributed by atoms with Crippen LogP contribution in [-0.4, -0.2) is 42.0 Å². The molecule has 110 valence electrons. The van der Waals surface area contributed by atoms with Crippen molar-refractivity contribution < 1.29 is 4.79 Å². The maximum Gasteiger partial charge on any atom is 0.273 e. The molecule has 0 unspecified atom stereocenters. The van der Waals surface area contributed by atoms with Crippen LogP contribution in [0.3, 0.4) is 0 Å². The van der Waals surface area contributed by atoms with Crippen LogP contribution in [0.1, 0.15) is 10.5 Å². The van der Waals surface area contributed by atoms with Crippen molar-refractivity contribution in [2.75, 3.05) is 36.8 Å². The van der Waals surface area contributed by atoms with E-state index < -0.39 is 0 Å². The van der Waals surface area contributed by atoms with E-state index in [0.717, 1.165) is 23.8 Å². The number of hydrogen-bond acceptors (Lipinski definition) is 5. The second kappa shape index (κ2) is 5.91. The normalized spacial score (nSPS) is 15.3. The summed E-state index contributed by atoms with van der Waals surface area (Å²) < 4.78 is 0. The van der Waals surface area contributed by atoms with Gasteiger partial charge in [-0.05, 0) is 24.3 Å². The molecule has 0 radical (unpaired) electrons. The maximum absolute atomic E-state index is 12.3. The molecular formula is C14H15ClN4OS. The molecule has 2 heterocycles. The minimum atomic E-state index is -0.0429. The van der Waals surface area contributed by atoms with Gasteiger partial charge in [-0.25, -0.2) is 4.98 Å². The Morgan fingerprint density at radius 1 is 1.19 bits per heavy atom. The summed E-state index contributed by atoms with van der Waals surface area (Å²) in [5.41, 5.74) is 7.14. The molecule has 3 rings (SSSR count). The fraction of sp³-hybridized carbons (Fsp3) is 0.286. The summed E-state index contributed by atoms with van der Waals surface area (Å²) in [6, 6.07) is 7.76. The van der Waals surface area contributed by atoms with Gasteiger partial charge in [0, 0.05) is 42.3 Å². The van der Waals surface area contributed by atoms with E-state index in [4.69, 9.17) is 17.3 Å². The lowest BCUT2D eigenvalue weighted by atomic mass is 10.2. The van der Waals surface area contributed by atoms with Gasteiger partial charge in [-0.3, -0.25) is 4.79 Å². The molecule has 2 aromatic rings. The lowest BCUT2D eigenvalue weighted by molar-refractivity contribution is 0.0742. The molecule has 1 aromatic heterocycles. The summed E-state index contributed by atoms with van der Waals surface area (Å²) in [5.74, 6) is -0.0429. The highest BCUT2D eigenvalue weighted by atomic mass is 35.5. The average molecular weight is 323 g/mol. The smallest absolute Gasteiger partial charge is 0.273 e. The Kier molecular flexibility index (Phi) is 3.98. The number of rotatable bonds is 2. The molecule has 0 aliphatic carbocycles. The Hall–Kier alpha value is -1.79. The number of anilines is 2. The molecule has 1 aliphatic heterocycles. The number of aromatic nitrogens is 1. The van der Waals surface area contributed by atoms with E-state index in [1.54, 1.807) is 5.38 Å². The summed E-state index contributed by atoms with van der Waals surface area (Å²) in [4.78, 5) is 20.4. The largest absolute Gasteiger partial charge is 0.375 e. The van der Waals surface area contributed by atoms with Crippen molar-refractivity contribution in [2.24, 2.45) is 0 Å². The van der Waals surface area contributed by atoms with Gasteiger partial charge in [-0.15, -0.1) is 11.3 Å². The number of carbonyl (C=O) groups is 1. The number of carbonyl (C=O) groups excluding carboxylic acids is 1. The topological polar surface area (TPSA) is 62.5 Å². The van der Waals surface area contributed by atoms with E-state index in [1.165, 1.54) is 11.3 Å². The lowest BCUT2D eigenvalue weighted by Gasteiger charge is -2.35. The number of halogens is 1. The molecule has 0 atom stereocenters. The zero-order valence-corrected chi connectivity index (χ0v) is 12.9. The first kappa shape index (κ1) is 14.2. The third kappa shape index (κ3) is 3.11. The van der Waals surface area contributed by atoms with Crippen LogP contribution in [0.15, 0.2) is 29.6 Å². The van der Waals surface area contributed by atoms with Gasteiger partial charge in [-0.2, -0.15) is 0 Å². The second-order valence-corrected chi connectivity index (χ2v) is 6.15. The number of benzene rings is 1. The van der Waals surface area contributed by atoms with Gasteiger partial charge in [-0.1, -0.05) is 11.6 Å². The first-order chi connectivity index (χ1) is 10.1. The van der Waals surface area contributed by atoms with Crippen molar-refractivity contribution in [3.8, 4) is 0 Å². The van der Waals surface area contributed by atoms with Crippen molar-refractivity contribution in [1.82, 2.24) is 9.88 Å². The predicted molar refractivity (Wildman–Crippen MR) is 86.1 cm³/mol. The molecule has 1 saturated heterocycles. The molecule has 0 bridgehead atoms. The van der Waals surface area contributed by atoms with Gasteiger partial charge in [0.25, 0.3) is 5.91 Å². The Morgan fingerprint density at radius 2 is 1.86 bits per heavy atom. The third-order valence-electron chi connectivity index (χ3n) is 3.50. The molecule has 1 aliphatic rings. The van der Waals surface area contributed by atoms with E-state index >= 15 is 0 Å². The summed E-state index contributed by atoms with van der Waals surface area (Å²) in [6.45, 7) is 2.96. The van der Waals surface area contributed by atoms with Crippen LogP contribution in [0.5, 0.6) is 0 Å². The molecule has 7 heteroatoms. The Bertz CT molecular complexity index is 635. The first-order valence-corrected chi connectivity index (χ1v) is 7.90. The van der Waals surface area contributed by atoms with Crippen LogP contribution in [0.2, 0.25) is 5.02 Å². The number of nitrogens with two attached hydrogens (primary N) is 1. The lowest BCUT2D eigenvalue weighted by Crippen LogP contribution is -2.48. The molecule has 5 nitrogen and oxygen atoms in total. The van der Waals surface area contributed by atoms with Crippen molar-refractivity contribution >= 4 is 39.7 Å². The number of thiazole rings is 1. The quantitative estimate of drug-likeness (QED) is 0.922. The highest BCUT2D eigenvalue weighted by molar-refractivity contribution is 7.13. The van der Waals surface area contributed by atoms with Crippen LogP contribution >= 0.6 is 22.9 Å². The zero-order chi connectivity index (χ0) is 14.8. The SMILES string of the molecule is Nc1nc(C(=O)N2CCN(c3ccc(Cl)cc3)CC2)cs1. The Balaban J connectivity index is 1.62. The standard InChI is InChI=1S/C14H15ClN4OS/c15-10-1-3-11(4-2-10)18-5-7-19(8-6-18)13(20)12-9-21-14(16)17-12/h1-4,9H,5-8H2,(H2,16,17). The van der Waals surface area contributed by atoms with Crippen molar-refractivity contribution in [1.29, 1.82) is 0 Å². The van der Waals surface area contributed by atoms with Crippen LogP contribution in [-0.2, 0) is 0 Å². The fourth-order valence-corrected chi connectivity index (χ4v) is 3.03. The van der Waals surface area contributed by atoms with Crippen LogP contribution in [0.4, 0.5) is 10.8 Å². The third-order valence-corrected chi connectivity index (χ3v) is 4.43. The molecule has 1 amide bonds. The highest BCUT2D eigenvalue weighted by Gasteiger charge is 2.23. The number of piperazine rings is 1. The summed E-state index contributed by atoms with van der Waals surface area (Å²) >= 11 is 7.19. The van der Waals surface area contributed by atoms with Crippen LogP contribution in [0.25, 0.3) is 0 Å². The van der Waals surface area contributed by atoms with Crippen LogP contribution < -0.4 is 10.6 Å². The van der Waals surface area contributed by atoms with Gasteiger partial charge >= 0.3 is 0 Å². The first-order valence-electron chi connectivity index (χ1n) is 6.64. The Morgan fingerprint density at radius 3 is 2.43 bits per heavy atom. The fourth-order valence-electron chi connectivity index (χ4n) is 2.37. The van der Waals surface area contributed by atoms with E-state index in [9.17, 15) is 4.79 Å². The maximum atomic E-state index is 12.3. The second-order valence-electron chi connectivity index (χ2n) is 4.83. The molecule has 2 N–H and O–H groups in total. The molecule has 1 aromatic carbocycles. The van der Waals surface area contributed by atoms with E-state index in [0.29, 0.717) is 23.9 Å². The minimum absolute atomic E-state index is 0.0429. The monoisotopic (exact) mass is 322 g/mol. The van der Waals surface area contributed by atoms with E-state index in [1.807, 2.05) is 29.2 Å². The molecule has 21 heavy (non-hydrogen) atoms. The predicted octanol–water partition coefficient (Wildman–Crippen LogP) is 2.34. The summed E-state index contributed by atoms with van der Waals surface area (Å²) in [6.07, 6.45) is 0. The van der Waals surface area contributed by atoms with Gasteiger partial charge in [0.2, 0.25) is 0 Å². The minimum Gasteiger partial charge on any atom is -0.375 e. The highest BCUT2D eigenvalue weighted by Crippen LogP contribution is 2.20. The van der Waals surface area contributed by atoms with Crippen molar-refractivity contribution in [3.63, 3.8) is 0 Å².